The Bertz CT molecular complexity index is 2280. The Kier molecular flexibility index (Phi) is 12.7. The monoisotopic (exact) mass is 826 g/mol. The van der Waals surface area contributed by atoms with Gasteiger partial charge in [0.25, 0.3) is 11.8 Å². The van der Waals surface area contributed by atoms with E-state index < -0.39 is 46.6 Å². The minimum Gasteiger partial charge on any atom is -0.491 e. The molecule has 0 saturated carbocycles. The van der Waals surface area contributed by atoms with E-state index in [1.54, 1.807) is 21.4 Å². The van der Waals surface area contributed by atoms with Crippen molar-refractivity contribution in [3.8, 4) is 58.5 Å². The first kappa shape index (κ1) is 41.5. The molecule has 2 unspecified atom stereocenters. The summed E-state index contributed by atoms with van der Waals surface area (Å²) in [6.07, 6.45) is 7.85. The average molecular weight is 828 g/mol. The number of benzene rings is 2. The van der Waals surface area contributed by atoms with Crippen LogP contribution in [0.3, 0.4) is 0 Å². The summed E-state index contributed by atoms with van der Waals surface area (Å²) in [6.45, 7) is 3.86. The molecule has 2 aliphatic rings. The quantitative estimate of drug-likeness (QED) is 0.171. The van der Waals surface area contributed by atoms with Crippen LogP contribution in [-0.2, 0) is 32.2 Å². The van der Waals surface area contributed by atoms with Gasteiger partial charge in [-0.25, -0.2) is 28.3 Å². The number of imidazole rings is 2. The molecule has 2 atom stereocenters. The zero-order chi connectivity index (χ0) is 40.8. The first-order valence-electron chi connectivity index (χ1n) is 15.8. The Balaban J connectivity index is 0.000000208. The van der Waals surface area contributed by atoms with Crippen LogP contribution in [0.1, 0.15) is 40.4 Å². The Morgan fingerprint density at radius 2 is 1.29 bits per heavy atom. The molecule has 2 amide bonds. The lowest BCUT2D eigenvalue weighted by Crippen LogP contribution is -2.34. The average Bonchev–Trinajstić information content (AvgIpc) is 3.69. The molecule has 2 aliphatic heterocycles. The van der Waals surface area contributed by atoms with Crippen molar-refractivity contribution in [1.29, 1.82) is 0 Å². The number of rotatable bonds is 4. The van der Waals surface area contributed by atoms with E-state index >= 15 is 0 Å². The van der Waals surface area contributed by atoms with Crippen LogP contribution in [0.25, 0.3) is 22.8 Å². The van der Waals surface area contributed by atoms with Crippen LogP contribution in [0.5, 0.6) is 11.5 Å². The third-order valence-electron chi connectivity index (χ3n) is 7.70. The molecule has 0 bridgehead atoms. The molecule has 4 aromatic rings. The predicted octanol–water partition coefficient (Wildman–Crippen LogP) is 1.94. The molecular formula is C36H33BrF2N6O10. The number of hydrogen-bond donors (Lipinski definition) is 4. The second-order valence-corrected chi connectivity index (χ2v) is 12.7. The number of terminal acetylenes is 1. The number of esters is 2. The number of carbonyl (C=O) groups is 4. The zero-order valence-electron chi connectivity index (χ0n) is 29.6. The van der Waals surface area contributed by atoms with E-state index in [0.29, 0.717) is 52.7 Å². The van der Waals surface area contributed by atoms with Crippen LogP contribution in [-0.4, -0.2) is 91.7 Å². The van der Waals surface area contributed by atoms with Crippen LogP contribution in [0.4, 0.5) is 8.78 Å². The molecule has 55 heavy (non-hydrogen) atoms. The fourth-order valence-corrected chi connectivity index (χ4v) is 5.16. The molecule has 288 valence electrons. The molecule has 2 aromatic carbocycles. The number of carbonyl (C=O) groups excluding carboxylic acids is 4. The maximum atomic E-state index is 14.4. The van der Waals surface area contributed by atoms with Crippen LogP contribution in [0.2, 0.25) is 0 Å². The number of hydrogen-bond acceptors (Lipinski definition) is 12. The highest BCUT2D eigenvalue weighted by atomic mass is 79.9. The molecule has 19 heteroatoms. The summed E-state index contributed by atoms with van der Waals surface area (Å²) in [7, 11) is 2.27. The van der Waals surface area contributed by atoms with Crippen molar-refractivity contribution >= 4 is 39.7 Å². The number of ether oxygens (including phenoxy) is 4. The summed E-state index contributed by atoms with van der Waals surface area (Å²) in [5.74, 6) is 3.99. The molecule has 6 N–H and O–H groups in total. The van der Waals surface area contributed by atoms with Gasteiger partial charge >= 0.3 is 11.9 Å². The van der Waals surface area contributed by atoms with Gasteiger partial charge in [-0.3, -0.25) is 9.59 Å². The Morgan fingerprint density at radius 3 is 1.73 bits per heavy atom. The Hall–Kier alpha value is -6.28. The summed E-state index contributed by atoms with van der Waals surface area (Å²) in [4.78, 5) is 52.9. The Morgan fingerprint density at radius 1 is 0.836 bits per heavy atom. The molecule has 0 saturated heterocycles. The molecule has 6 rings (SSSR count). The lowest BCUT2D eigenvalue weighted by Gasteiger charge is -2.12. The van der Waals surface area contributed by atoms with Gasteiger partial charge in [-0.1, -0.05) is 17.8 Å². The van der Waals surface area contributed by atoms with Crippen molar-refractivity contribution in [3.63, 3.8) is 0 Å². The second kappa shape index (κ2) is 16.8. The van der Waals surface area contributed by atoms with Crippen molar-refractivity contribution in [1.82, 2.24) is 19.1 Å². The minimum absolute atomic E-state index is 0.0726. The van der Waals surface area contributed by atoms with E-state index in [-0.39, 0.29) is 29.3 Å². The maximum Gasteiger partial charge on any atom is 0.350 e. The van der Waals surface area contributed by atoms with Crippen LogP contribution in [0.15, 0.2) is 41.1 Å². The summed E-state index contributed by atoms with van der Waals surface area (Å²) in [6, 6.07) is 5.40. The molecule has 4 heterocycles. The van der Waals surface area contributed by atoms with Crippen molar-refractivity contribution < 1.29 is 57.1 Å². The standard InChI is InChI=1S/C18H16FN3O5.C12H9BrFN3O2.C6H8O3/c1-18(25,17(24)26-2)4-3-10-7-11-14(8-12(10)19)27-6-5-22-9-13(15(20)23)21-16(11)22;13-7-3-6-10(4-8(7)14)19-2-1-17-5-9(11(15)18)16-12(6)17;1-4-6(2,8)5(7)9-3/h7-9,25H,5-6H2,1-2H3,(H2,20,23);3-5H,1-2H2,(H2,15,18);1,8H,2-3H3. The van der Waals surface area contributed by atoms with E-state index in [9.17, 15) is 33.1 Å². The van der Waals surface area contributed by atoms with Crippen LogP contribution < -0.4 is 20.9 Å². The van der Waals surface area contributed by atoms with Gasteiger partial charge in [0, 0.05) is 24.5 Å². The summed E-state index contributed by atoms with van der Waals surface area (Å²) in [5.41, 5.74) is 7.82. The number of methoxy groups -OCH3 is 2. The largest absolute Gasteiger partial charge is 0.491 e. The Labute approximate surface area is 320 Å². The van der Waals surface area contributed by atoms with E-state index in [1.807, 2.05) is 5.92 Å². The molecule has 2 aromatic heterocycles. The van der Waals surface area contributed by atoms with Crippen molar-refractivity contribution in [3.05, 3.63) is 69.7 Å². The summed E-state index contributed by atoms with van der Waals surface area (Å²) >= 11 is 3.13. The van der Waals surface area contributed by atoms with E-state index in [1.165, 1.54) is 25.3 Å². The molecule has 0 aliphatic carbocycles. The van der Waals surface area contributed by atoms with Gasteiger partial charge < -0.3 is 49.8 Å². The number of halogens is 3. The number of fused-ring (bicyclic) bond motifs is 6. The van der Waals surface area contributed by atoms with Crippen molar-refractivity contribution in [2.24, 2.45) is 11.5 Å². The van der Waals surface area contributed by atoms with E-state index in [4.69, 9.17) is 32.5 Å². The fourth-order valence-electron chi connectivity index (χ4n) is 4.81. The topological polar surface area (TPSA) is 233 Å². The minimum atomic E-state index is -2.10. The predicted molar refractivity (Wildman–Crippen MR) is 192 cm³/mol. The van der Waals surface area contributed by atoms with Gasteiger partial charge in [0.05, 0.1) is 48.5 Å². The van der Waals surface area contributed by atoms with Gasteiger partial charge in [-0.05, 0) is 41.9 Å². The summed E-state index contributed by atoms with van der Waals surface area (Å²) < 4.78 is 51.3. The molecule has 0 fully saturated rings. The van der Waals surface area contributed by atoms with Gasteiger partial charge in [-0.15, -0.1) is 6.42 Å². The normalized spacial score (nSPS) is 14.1. The lowest BCUT2D eigenvalue weighted by atomic mass is 10.0. The van der Waals surface area contributed by atoms with Gasteiger partial charge in [0.2, 0.25) is 11.2 Å². The third-order valence-corrected chi connectivity index (χ3v) is 8.31. The maximum absolute atomic E-state index is 14.4. The molecule has 0 radical (unpaired) electrons. The van der Waals surface area contributed by atoms with Gasteiger partial charge in [0.15, 0.2) is 0 Å². The molecular weight excluding hydrogens is 794 g/mol. The second-order valence-electron chi connectivity index (χ2n) is 11.8. The van der Waals surface area contributed by atoms with Crippen molar-refractivity contribution in [2.45, 2.75) is 38.1 Å². The molecule has 16 nitrogen and oxygen atoms in total. The highest BCUT2D eigenvalue weighted by molar-refractivity contribution is 9.10. The first-order valence-corrected chi connectivity index (χ1v) is 16.6. The number of aliphatic hydroxyl groups is 2. The summed E-state index contributed by atoms with van der Waals surface area (Å²) in [5, 5.41) is 18.9. The number of nitrogens with two attached hydrogens (primary N) is 2. The lowest BCUT2D eigenvalue weighted by molar-refractivity contribution is -0.155. The number of amides is 2. The zero-order valence-corrected chi connectivity index (χ0v) is 31.2. The van der Waals surface area contributed by atoms with Crippen LogP contribution in [0, 0.1) is 35.8 Å². The molecule has 0 spiro atoms. The third kappa shape index (κ3) is 9.45. The van der Waals surface area contributed by atoms with Crippen LogP contribution >= 0.6 is 15.9 Å². The number of aromatic nitrogens is 4. The number of nitrogens with zero attached hydrogens (tertiary/aromatic N) is 4. The highest BCUT2D eigenvalue weighted by Gasteiger charge is 2.30. The smallest absolute Gasteiger partial charge is 0.350 e. The first-order chi connectivity index (χ1) is 25.8. The van der Waals surface area contributed by atoms with Crippen molar-refractivity contribution in [2.75, 3.05) is 27.4 Å². The fraction of sp³-hybridized carbons (Fsp3) is 0.278. The van der Waals surface area contributed by atoms with E-state index in [2.05, 4.69) is 47.2 Å². The van der Waals surface area contributed by atoms with Gasteiger partial charge in [-0.2, -0.15) is 0 Å². The van der Waals surface area contributed by atoms with E-state index in [0.717, 1.165) is 27.2 Å². The highest BCUT2D eigenvalue weighted by Crippen LogP contribution is 2.36. The SMILES string of the molecule is C#CC(C)(O)C(=O)OC.COC(=O)C(C)(O)C#Cc1cc2c(cc1F)OCCn1cc(C(N)=O)nc1-2.NC(=O)c1cn2c(n1)-c1cc(Br)c(F)cc1OCC2. The number of primary amides is 2. The van der Waals surface area contributed by atoms with Gasteiger partial charge in [0.1, 0.15) is 59.4 Å².